The highest BCUT2D eigenvalue weighted by atomic mass is 16.5. The van der Waals surface area contributed by atoms with Gasteiger partial charge in [-0.2, -0.15) is 0 Å². The molecule has 3 rings (SSSR count). The van der Waals surface area contributed by atoms with Crippen molar-refractivity contribution >= 4 is 22.7 Å². The Morgan fingerprint density at radius 2 is 2.25 bits per heavy atom. The van der Waals surface area contributed by atoms with Gasteiger partial charge in [-0.15, -0.1) is 0 Å². The van der Waals surface area contributed by atoms with Gasteiger partial charge in [-0.1, -0.05) is 12.1 Å². The highest BCUT2D eigenvalue weighted by Gasteiger charge is 2.48. The zero-order chi connectivity index (χ0) is 14.2. The normalized spacial score (nSPS) is 21.9. The zero-order valence-corrected chi connectivity index (χ0v) is 11.3. The molecule has 0 saturated carbocycles. The van der Waals surface area contributed by atoms with Crippen molar-refractivity contribution in [3.8, 4) is 0 Å². The maximum absolute atomic E-state index is 12.0. The van der Waals surface area contributed by atoms with Crippen LogP contribution in [-0.2, 0) is 20.7 Å². The second-order valence-corrected chi connectivity index (χ2v) is 5.23. The molecule has 1 aliphatic rings. The fraction of sp³-hybridized carbons (Fsp3) is 0.312. The van der Waals surface area contributed by atoms with Crippen molar-refractivity contribution < 1.29 is 14.3 Å². The second kappa shape index (κ2) is 4.71. The molecule has 2 aromatic rings. The number of aromatic nitrogens is 1. The number of nitrogens with zero attached hydrogens (tertiary/aromatic N) is 1. The van der Waals surface area contributed by atoms with Gasteiger partial charge in [0.15, 0.2) is 0 Å². The van der Waals surface area contributed by atoms with E-state index in [9.17, 15) is 9.59 Å². The Morgan fingerprint density at radius 3 is 2.95 bits per heavy atom. The lowest BCUT2D eigenvalue weighted by molar-refractivity contribution is -0.150. The molecule has 2 heterocycles. The van der Waals surface area contributed by atoms with E-state index >= 15 is 0 Å². The third kappa shape index (κ3) is 1.97. The van der Waals surface area contributed by atoms with Crippen molar-refractivity contribution in [1.29, 1.82) is 0 Å². The number of carbonyl (C=O) groups is 2. The number of carbonyl (C=O) groups excluding carboxylic acids is 2. The number of pyridine rings is 1. The number of rotatable bonds is 3. The fourth-order valence-corrected chi connectivity index (χ4v) is 2.75. The summed E-state index contributed by atoms with van der Waals surface area (Å²) < 4.78 is 5.02. The molecule has 4 nitrogen and oxygen atoms in total. The van der Waals surface area contributed by atoms with Crippen molar-refractivity contribution in [3.05, 3.63) is 42.1 Å². The molecule has 1 aliphatic heterocycles. The second-order valence-electron chi connectivity index (χ2n) is 5.23. The van der Waals surface area contributed by atoms with Gasteiger partial charge in [0.25, 0.3) is 0 Å². The summed E-state index contributed by atoms with van der Waals surface area (Å²) in [7, 11) is 0. The molecule has 102 valence electrons. The molecule has 0 bridgehead atoms. The fourth-order valence-electron chi connectivity index (χ4n) is 2.75. The molecule has 1 unspecified atom stereocenters. The van der Waals surface area contributed by atoms with E-state index in [1.165, 1.54) is 6.92 Å². The van der Waals surface area contributed by atoms with Crippen molar-refractivity contribution in [3.63, 3.8) is 0 Å². The Hall–Kier alpha value is -2.23. The number of hydrogen-bond acceptors (Lipinski definition) is 4. The number of ether oxygens (including phenoxy) is 1. The van der Waals surface area contributed by atoms with Crippen LogP contribution < -0.4 is 0 Å². The highest BCUT2D eigenvalue weighted by molar-refractivity contribution is 6.04. The largest absolute Gasteiger partial charge is 0.465 e. The molecule has 20 heavy (non-hydrogen) atoms. The summed E-state index contributed by atoms with van der Waals surface area (Å²) in [6.07, 6.45) is 2.60. The van der Waals surface area contributed by atoms with E-state index in [-0.39, 0.29) is 5.78 Å². The lowest BCUT2D eigenvalue weighted by atomic mass is 9.77. The Bertz CT molecular complexity index is 695. The number of Topliss-reactive ketones (excluding diaryl/α,β-unsaturated/α-hetero) is 1. The molecule has 0 amide bonds. The van der Waals surface area contributed by atoms with Gasteiger partial charge in [-0.3, -0.25) is 14.6 Å². The van der Waals surface area contributed by atoms with Crippen LogP contribution in [0.2, 0.25) is 0 Å². The van der Waals surface area contributed by atoms with Crippen LogP contribution in [0.1, 0.15) is 18.9 Å². The van der Waals surface area contributed by atoms with E-state index in [0.717, 1.165) is 16.5 Å². The minimum absolute atomic E-state index is 0.119. The Balaban J connectivity index is 1.99. The summed E-state index contributed by atoms with van der Waals surface area (Å²) in [5.41, 5.74) is 0.859. The third-order valence-corrected chi connectivity index (χ3v) is 4.00. The zero-order valence-electron chi connectivity index (χ0n) is 11.3. The summed E-state index contributed by atoms with van der Waals surface area (Å²) in [4.78, 5) is 28.1. The maximum atomic E-state index is 12.0. The van der Waals surface area contributed by atoms with Crippen molar-refractivity contribution in [2.75, 3.05) is 6.61 Å². The van der Waals surface area contributed by atoms with E-state index in [1.54, 1.807) is 6.20 Å². The number of esters is 1. The van der Waals surface area contributed by atoms with Crippen LogP contribution in [0.15, 0.2) is 36.5 Å². The van der Waals surface area contributed by atoms with Crippen LogP contribution >= 0.6 is 0 Å². The van der Waals surface area contributed by atoms with E-state index < -0.39 is 11.4 Å². The van der Waals surface area contributed by atoms with Gasteiger partial charge in [0.1, 0.15) is 11.2 Å². The van der Waals surface area contributed by atoms with E-state index in [4.69, 9.17) is 4.74 Å². The molecule has 4 heteroatoms. The van der Waals surface area contributed by atoms with Gasteiger partial charge in [0.05, 0.1) is 12.1 Å². The first-order chi connectivity index (χ1) is 9.62. The van der Waals surface area contributed by atoms with E-state index in [2.05, 4.69) is 4.98 Å². The number of cyclic esters (lactones) is 1. The molecular weight excluding hydrogens is 254 g/mol. The predicted molar refractivity (Wildman–Crippen MR) is 74.1 cm³/mol. The van der Waals surface area contributed by atoms with Gasteiger partial charge in [0, 0.05) is 18.0 Å². The Labute approximate surface area is 116 Å². The van der Waals surface area contributed by atoms with Gasteiger partial charge in [-0.05, 0) is 37.1 Å². The molecule has 0 N–H and O–H groups in total. The maximum Gasteiger partial charge on any atom is 0.320 e. The van der Waals surface area contributed by atoms with Crippen LogP contribution in [-0.4, -0.2) is 23.3 Å². The van der Waals surface area contributed by atoms with Crippen LogP contribution in [0.5, 0.6) is 0 Å². The van der Waals surface area contributed by atoms with E-state index in [0.29, 0.717) is 19.4 Å². The summed E-state index contributed by atoms with van der Waals surface area (Å²) in [6, 6.07) is 9.67. The quantitative estimate of drug-likeness (QED) is 0.633. The predicted octanol–water partition coefficient (Wildman–Crippen LogP) is 2.30. The molecule has 1 saturated heterocycles. The highest BCUT2D eigenvalue weighted by Crippen LogP contribution is 2.35. The molecular formula is C16H15NO3. The smallest absolute Gasteiger partial charge is 0.320 e. The molecule has 0 spiro atoms. The standard InChI is InChI=1S/C16H15NO3/c1-11(18)16(6-8-20-15(16)19)10-12-4-5-14-13(9-12)3-2-7-17-14/h2-5,7,9H,6,8,10H2,1H3. The molecule has 1 atom stereocenters. The first-order valence-electron chi connectivity index (χ1n) is 6.64. The van der Waals surface area contributed by atoms with E-state index in [1.807, 2.05) is 30.3 Å². The first-order valence-corrected chi connectivity index (χ1v) is 6.64. The lowest BCUT2D eigenvalue weighted by Gasteiger charge is -2.21. The number of ketones is 1. The van der Waals surface area contributed by atoms with Gasteiger partial charge < -0.3 is 4.74 Å². The third-order valence-electron chi connectivity index (χ3n) is 4.00. The Morgan fingerprint density at radius 1 is 1.40 bits per heavy atom. The molecule has 1 aromatic carbocycles. The van der Waals surface area contributed by atoms with Crippen LogP contribution in [0.4, 0.5) is 0 Å². The first kappa shape index (κ1) is 12.8. The monoisotopic (exact) mass is 269 g/mol. The lowest BCUT2D eigenvalue weighted by Crippen LogP contribution is -2.36. The van der Waals surface area contributed by atoms with Crippen LogP contribution in [0, 0.1) is 5.41 Å². The summed E-state index contributed by atoms with van der Waals surface area (Å²) in [5.74, 6) is -0.512. The summed E-state index contributed by atoms with van der Waals surface area (Å²) in [5, 5.41) is 1.01. The number of fused-ring (bicyclic) bond motifs is 1. The minimum atomic E-state index is -1.00. The van der Waals surface area contributed by atoms with Crippen LogP contribution in [0.3, 0.4) is 0 Å². The van der Waals surface area contributed by atoms with Crippen molar-refractivity contribution in [2.24, 2.45) is 5.41 Å². The summed E-state index contributed by atoms with van der Waals surface area (Å²) >= 11 is 0. The average molecular weight is 269 g/mol. The minimum Gasteiger partial charge on any atom is -0.465 e. The SMILES string of the molecule is CC(=O)C1(Cc2ccc3ncccc3c2)CCOC1=O. The molecule has 1 aromatic heterocycles. The molecule has 0 radical (unpaired) electrons. The average Bonchev–Trinajstić information content (AvgIpc) is 2.81. The number of benzene rings is 1. The molecule has 0 aliphatic carbocycles. The van der Waals surface area contributed by atoms with Crippen molar-refractivity contribution in [1.82, 2.24) is 4.98 Å². The van der Waals surface area contributed by atoms with Gasteiger partial charge in [0.2, 0.25) is 0 Å². The van der Waals surface area contributed by atoms with Gasteiger partial charge in [-0.25, -0.2) is 0 Å². The summed E-state index contributed by atoms with van der Waals surface area (Å²) in [6.45, 7) is 1.79. The molecule has 1 fully saturated rings. The number of hydrogen-bond donors (Lipinski definition) is 0. The Kier molecular flexibility index (Phi) is 3.01. The topological polar surface area (TPSA) is 56.3 Å². The van der Waals surface area contributed by atoms with Gasteiger partial charge >= 0.3 is 5.97 Å². The van der Waals surface area contributed by atoms with Crippen LogP contribution in [0.25, 0.3) is 10.9 Å². The van der Waals surface area contributed by atoms with Crippen molar-refractivity contribution in [2.45, 2.75) is 19.8 Å².